The minimum absolute atomic E-state index is 0.295. The normalized spacial score (nSPS) is 29.2. The smallest absolute Gasteiger partial charge is 0.149 e. The molecule has 5 heteroatoms. The molecule has 1 fully saturated rings. The molecular formula is C13H23N5. The molecule has 0 saturated heterocycles. The molecule has 0 radical (unpaired) electrons. The van der Waals surface area contributed by atoms with E-state index in [1.54, 1.807) is 0 Å². The summed E-state index contributed by atoms with van der Waals surface area (Å²) in [5.74, 6) is 2.27. The van der Waals surface area contributed by atoms with E-state index in [2.05, 4.69) is 27.0 Å². The van der Waals surface area contributed by atoms with Crippen LogP contribution in [0.1, 0.15) is 56.7 Å². The van der Waals surface area contributed by atoms with Crippen molar-refractivity contribution in [3.05, 3.63) is 11.6 Å². The number of hydrogen-bond donors (Lipinski definition) is 2. The van der Waals surface area contributed by atoms with Crippen LogP contribution in [0.2, 0.25) is 0 Å². The fourth-order valence-electron chi connectivity index (χ4n) is 3.21. The molecule has 1 aromatic rings. The second-order valence-corrected chi connectivity index (χ2v) is 5.73. The third-order valence-electron chi connectivity index (χ3n) is 4.28. The first-order valence-corrected chi connectivity index (χ1v) is 7.17. The lowest BCUT2D eigenvalue weighted by Gasteiger charge is -2.29. The Morgan fingerprint density at radius 1 is 1.28 bits per heavy atom. The number of nitrogens with two attached hydrogens (primary N) is 1. The van der Waals surface area contributed by atoms with Gasteiger partial charge in [-0.2, -0.15) is 0 Å². The highest BCUT2D eigenvalue weighted by molar-refractivity contribution is 5.04. The lowest BCUT2D eigenvalue weighted by atomic mass is 9.91. The highest BCUT2D eigenvalue weighted by Gasteiger charge is 2.24. The van der Waals surface area contributed by atoms with Crippen LogP contribution in [-0.4, -0.2) is 26.8 Å². The molecule has 1 aliphatic carbocycles. The lowest BCUT2D eigenvalue weighted by Crippen LogP contribution is -2.39. The summed E-state index contributed by atoms with van der Waals surface area (Å²) in [4.78, 5) is 0. The van der Waals surface area contributed by atoms with Crippen molar-refractivity contribution in [1.82, 2.24) is 20.1 Å². The number of aryl methyl sites for hydroxylation is 1. The van der Waals surface area contributed by atoms with Gasteiger partial charge in [0.2, 0.25) is 0 Å². The topological polar surface area (TPSA) is 68.8 Å². The van der Waals surface area contributed by atoms with Crippen LogP contribution in [0.15, 0.2) is 0 Å². The number of fused-ring (bicyclic) bond motifs is 1. The van der Waals surface area contributed by atoms with Crippen LogP contribution in [-0.2, 0) is 13.0 Å². The third-order valence-corrected chi connectivity index (χ3v) is 4.28. The van der Waals surface area contributed by atoms with E-state index in [0.29, 0.717) is 18.1 Å². The van der Waals surface area contributed by atoms with Crippen molar-refractivity contribution in [2.75, 3.05) is 0 Å². The number of hydrogen-bond acceptors (Lipinski definition) is 4. The molecule has 3 N–H and O–H groups in total. The van der Waals surface area contributed by atoms with Gasteiger partial charge in [-0.05, 0) is 39.0 Å². The van der Waals surface area contributed by atoms with Crippen LogP contribution in [0.4, 0.5) is 0 Å². The fourth-order valence-corrected chi connectivity index (χ4v) is 3.21. The summed E-state index contributed by atoms with van der Waals surface area (Å²) >= 11 is 0. The summed E-state index contributed by atoms with van der Waals surface area (Å²) in [6.45, 7) is 3.28. The molecular weight excluding hydrogens is 226 g/mol. The van der Waals surface area contributed by atoms with Crippen LogP contribution >= 0.6 is 0 Å². The van der Waals surface area contributed by atoms with Crippen molar-refractivity contribution >= 4 is 0 Å². The van der Waals surface area contributed by atoms with Gasteiger partial charge in [0.15, 0.2) is 0 Å². The van der Waals surface area contributed by atoms with Gasteiger partial charge < -0.3 is 15.6 Å². The van der Waals surface area contributed by atoms with E-state index in [1.807, 2.05) is 0 Å². The first-order valence-electron chi connectivity index (χ1n) is 7.17. The Hall–Kier alpha value is -0.940. The second kappa shape index (κ2) is 4.97. The highest BCUT2D eigenvalue weighted by atomic mass is 15.3. The predicted octanol–water partition coefficient (Wildman–Crippen LogP) is 1.14. The molecule has 1 aromatic heterocycles. The second-order valence-electron chi connectivity index (χ2n) is 5.73. The van der Waals surface area contributed by atoms with E-state index >= 15 is 0 Å². The Labute approximate surface area is 108 Å². The average Bonchev–Trinajstić information content (AvgIpc) is 2.93. The van der Waals surface area contributed by atoms with Crippen molar-refractivity contribution in [2.24, 2.45) is 5.73 Å². The molecule has 100 valence electrons. The standard InChI is InChI=1S/C13H23N5/c1-9(15-11-6-4-10(14)5-7-11)13-17-16-12-3-2-8-18(12)13/h9-11,15H,2-8,14H2,1H3. The lowest BCUT2D eigenvalue weighted by molar-refractivity contribution is 0.315. The average molecular weight is 249 g/mol. The quantitative estimate of drug-likeness (QED) is 0.843. The van der Waals surface area contributed by atoms with Gasteiger partial charge in [0.05, 0.1) is 6.04 Å². The monoisotopic (exact) mass is 249 g/mol. The summed E-state index contributed by atoms with van der Waals surface area (Å²) in [6, 6.07) is 1.30. The third kappa shape index (κ3) is 2.29. The van der Waals surface area contributed by atoms with Gasteiger partial charge >= 0.3 is 0 Å². The SMILES string of the molecule is CC(NC1CCC(N)CC1)c1nnc2n1CCC2. The molecule has 0 bridgehead atoms. The molecule has 18 heavy (non-hydrogen) atoms. The number of aromatic nitrogens is 3. The zero-order valence-electron chi connectivity index (χ0n) is 11.1. The van der Waals surface area contributed by atoms with E-state index in [-0.39, 0.29) is 0 Å². The molecule has 3 rings (SSSR count). The largest absolute Gasteiger partial charge is 0.328 e. The van der Waals surface area contributed by atoms with E-state index in [9.17, 15) is 0 Å². The first kappa shape index (κ1) is 12.1. The van der Waals surface area contributed by atoms with Crippen molar-refractivity contribution in [1.29, 1.82) is 0 Å². The molecule has 1 saturated carbocycles. The van der Waals surface area contributed by atoms with E-state index < -0.39 is 0 Å². The van der Waals surface area contributed by atoms with Crippen LogP contribution in [0.5, 0.6) is 0 Å². The van der Waals surface area contributed by atoms with Crippen LogP contribution in [0.25, 0.3) is 0 Å². The summed E-state index contributed by atoms with van der Waals surface area (Å²) in [7, 11) is 0. The summed E-state index contributed by atoms with van der Waals surface area (Å²) in [6.07, 6.45) is 6.95. The van der Waals surface area contributed by atoms with Crippen molar-refractivity contribution in [3.8, 4) is 0 Å². The molecule has 0 amide bonds. The Morgan fingerprint density at radius 3 is 2.83 bits per heavy atom. The first-order chi connectivity index (χ1) is 8.74. The van der Waals surface area contributed by atoms with Crippen LogP contribution in [0.3, 0.4) is 0 Å². The van der Waals surface area contributed by atoms with Gasteiger partial charge in [0.1, 0.15) is 11.6 Å². The molecule has 0 aromatic carbocycles. The van der Waals surface area contributed by atoms with Crippen molar-refractivity contribution in [3.63, 3.8) is 0 Å². The summed E-state index contributed by atoms with van der Waals surface area (Å²) < 4.78 is 2.28. The van der Waals surface area contributed by atoms with Gasteiger partial charge in [-0.15, -0.1) is 10.2 Å². The minimum Gasteiger partial charge on any atom is -0.328 e. The van der Waals surface area contributed by atoms with Gasteiger partial charge in [-0.1, -0.05) is 0 Å². The zero-order chi connectivity index (χ0) is 12.5. The van der Waals surface area contributed by atoms with Crippen molar-refractivity contribution < 1.29 is 0 Å². The van der Waals surface area contributed by atoms with E-state index in [4.69, 9.17) is 5.73 Å². The molecule has 1 atom stereocenters. The number of nitrogens with one attached hydrogen (secondary N) is 1. The molecule has 2 aliphatic rings. The number of nitrogens with zero attached hydrogens (tertiary/aromatic N) is 3. The van der Waals surface area contributed by atoms with Gasteiger partial charge in [0, 0.05) is 25.0 Å². The Morgan fingerprint density at radius 2 is 2.06 bits per heavy atom. The fraction of sp³-hybridized carbons (Fsp3) is 0.846. The number of rotatable bonds is 3. The zero-order valence-corrected chi connectivity index (χ0v) is 11.1. The van der Waals surface area contributed by atoms with Gasteiger partial charge in [-0.25, -0.2) is 0 Å². The molecule has 5 nitrogen and oxygen atoms in total. The summed E-state index contributed by atoms with van der Waals surface area (Å²) in [5, 5.41) is 12.3. The van der Waals surface area contributed by atoms with Crippen LogP contribution in [0, 0.1) is 0 Å². The molecule has 1 aliphatic heterocycles. The van der Waals surface area contributed by atoms with Gasteiger partial charge in [0.25, 0.3) is 0 Å². The Balaban J connectivity index is 1.62. The predicted molar refractivity (Wildman–Crippen MR) is 70.1 cm³/mol. The maximum Gasteiger partial charge on any atom is 0.149 e. The molecule has 0 spiro atoms. The Kier molecular flexibility index (Phi) is 3.35. The van der Waals surface area contributed by atoms with Crippen molar-refractivity contribution in [2.45, 2.75) is 70.1 Å². The maximum absolute atomic E-state index is 5.94. The molecule has 2 heterocycles. The maximum atomic E-state index is 5.94. The Bertz CT molecular complexity index is 406. The molecule has 1 unspecified atom stereocenters. The van der Waals surface area contributed by atoms with E-state index in [1.165, 1.54) is 19.3 Å². The van der Waals surface area contributed by atoms with Gasteiger partial charge in [-0.3, -0.25) is 0 Å². The van der Waals surface area contributed by atoms with E-state index in [0.717, 1.165) is 37.5 Å². The minimum atomic E-state index is 0.295. The van der Waals surface area contributed by atoms with Crippen LogP contribution < -0.4 is 11.1 Å². The highest BCUT2D eigenvalue weighted by Crippen LogP contribution is 2.22. The summed E-state index contributed by atoms with van der Waals surface area (Å²) in [5.41, 5.74) is 5.94.